The van der Waals surface area contributed by atoms with Gasteiger partial charge in [-0.05, 0) is 172 Å². The summed E-state index contributed by atoms with van der Waals surface area (Å²) in [5.41, 5.74) is 19.5. The molecule has 5 aromatic carbocycles. The first-order valence-electron chi connectivity index (χ1n) is 22.6. The Hall–Kier alpha value is -4.10. The van der Waals surface area contributed by atoms with E-state index in [4.69, 9.17) is 0 Å². The lowest BCUT2D eigenvalue weighted by Crippen LogP contribution is -2.55. The molecule has 12 rings (SSSR count). The molecule has 4 saturated carbocycles. The van der Waals surface area contributed by atoms with E-state index in [0.29, 0.717) is 0 Å². The van der Waals surface area contributed by atoms with E-state index < -0.39 is 0 Å². The molecule has 0 aliphatic heterocycles. The molecular weight excluding hydrogens is 687 g/mol. The topological polar surface area (TPSA) is 3.24 Å². The van der Waals surface area contributed by atoms with E-state index in [1.807, 2.05) is 0 Å². The van der Waals surface area contributed by atoms with Crippen LogP contribution in [-0.2, 0) is 27.1 Å². The maximum atomic E-state index is 2.75. The largest absolute Gasteiger partial charge is 0.309 e. The van der Waals surface area contributed by atoms with Crippen LogP contribution in [-0.4, -0.2) is 0 Å². The number of rotatable bonds is 4. The van der Waals surface area contributed by atoms with E-state index in [1.54, 1.807) is 11.1 Å². The van der Waals surface area contributed by atoms with Gasteiger partial charge in [-0.25, -0.2) is 0 Å². The molecule has 7 aliphatic carbocycles. The molecule has 1 spiro atoms. The molecule has 1 heteroatoms. The third-order valence-corrected chi connectivity index (χ3v) is 17.2. The molecule has 0 heterocycles. The molecule has 0 saturated heterocycles. The zero-order valence-corrected chi connectivity index (χ0v) is 35.9. The molecule has 4 fully saturated rings. The minimum Gasteiger partial charge on any atom is -0.309 e. The predicted molar refractivity (Wildman–Crippen MR) is 240 cm³/mol. The first kappa shape index (κ1) is 36.0. The lowest BCUT2D eigenvalue weighted by atomic mass is 9.43. The number of benzene rings is 5. The molecular formula is C56H63N. The second-order valence-corrected chi connectivity index (χ2v) is 22.3. The van der Waals surface area contributed by atoms with Gasteiger partial charge >= 0.3 is 0 Å². The van der Waals surface area contributed by atoms with Gasteiger partial charge in [0.1, 0.15) is 0 Å². The van der Waals surface area contributed by atoms with E-state index in [9.17, 15) is 0 Å². The number of nitrogens with zero attached hydrogens (tertiary/aromatic N) is 1. The van der Waals surface area contributed by atoms with Crippen molar-refractivity contribution in [3.63, 3.8) is 0 Å². The van der Waals surface area contributed by atoms with E-state index in [2.05, 4.69) is 163 Å². The van der Waals surface area contributed by atoms with Crippen LogP contribution in [0.3, 0.4) is 0 Å². The zero-order valence-electron chi connectivity index (χ0n) is 35.9. The molecule has 4 bridgehead atoms. The normalized spacial score (nSPS) is 28.7. The van der Waals surface area contributed by atoms with Gasteiger partial charge in [-0.3, -0.25) is 0 Å². The predicted octanol–water partition coefficient (Wildman–Crippen LogP) is 15.2. The van der Waals surface area contributed by atoms with Gasteiger partial charge in [0.05, 0.1) is 5.69 Å². The highest BCUT2D eigenvalue weighted by atomic mass is 15.1. The van der Waals surface area contributed by atoms with Crippen molar-refractivity contribution in [3.05, 3.63) is 137 Å². The lowest BCUT2D eigenvalue weighted by Gasteiger charge is -2.61. The van der Waals surface area contributed by atoms with Crippen molar-refractivity contribution in [1.82, 2.24) is 0 Å². The van der Waals surface area contributed by atoms with Crippen molar-refractivity contribution in [2.24, 2.45) is 23.7 Å². The van der Waals surface area contributed by atoms with Crippen LogP contribution in [0, 0.1) is 23.7 Å². The molecule has 0 amide bonds. The van der Waals surface area contributed by atoms with Gasteiger partial charge < -0.3 is 4.90 Å². The summed E-state index contributed by atoms with van der Waals surface area (Å²) in [6.45, 7) is 19.8. The van der Waals surface area contributed by atoms with E-state index in [1.165, 1.54) is 119 Å². The van der Waals surface area contributed by atoms with E-state index in [-0.39, 0.29) is 27.1 Å². The van der Waals surface area contributed by atoms with Crippen molar-refractivity contribution >= 4 is 17.1 Å². The average Bonchev–Trinajstić information content (AvgIpc) is 3.49. The highest BCUT2D eigenvalue weighted by Gasteiger charge is 2.62. The smallest absolute Gasteiger partial charge is 0.0621 e. The van der Waals surface area contributed by atoms with Crippen LogP contribution in [0.15, 0.2) is 103 Å². The summed E-state index contributed by atoms with van der Waals surface area (Å²) in [6, 6.07) is 41.5. The molecule has 57 heavy (non-hydrogen) atoms. The Kier molecular flexibility index (Phi) is 7.58. The summed E-state index contributed by atoms with van der Waals surface area (Å²) in [7, 11) is 0. The number of hydrogen-bond donors (Lipinski definition) is 0. The summed E-state index contributed by atoms with van der Waals surface area (Å²) in [5, 5.41) is 0. The Morgan fingerprint density at radius 1 is 0.421 bits per heavy atom. The summed E-state index contributed by atoms with van der Waals surface area (Å²) in [4.78, 5) is 2.75. The highest BCUT2D eigenvalue weighted by molar-refractivity contribution is 6.02. The first-order valence-corrected chi connectivity index (χ1v) is 22.6. The van der Waals surface area contributed by atoms with Gasteiger partial charge in [-0.15, -0.1) is 0 Å². The molecule has 7 aliphatic rings. The molecule has 0 aromatic heterocycles. The van der Waals surface area contributed by atoms with Gasteiger partial charge in [0.2, 0.25) is 0 Å². The second kappa shape index (κ2) is 12.0. The number of hydrogen-bond acceptors (Lipinski definition) is 1. The van der Waals surface area contributed by atoms with Crippen LogP contribution in [0.5, 0.6) is 0 Å². The Labute approximate surface area is 343 Å². The molecule has 0 atom stereocenters. The molecule has 5 aromatic rings. The van der Waals surface area contributed by atoms with Crippen molar-refractivity contribution in [3.8, 4) is 22.3 Å². The van der Waals surface area contributed by atoms with E-state index in [0.717, 1.165) is 23.7 Å². The minimum absolute atomic E-state index is 0.0960. The number of fused-ring (bicyclic) bond motifs is 5. The third kappa shape index (κ3) is 5.05. The van der Waals surface area contributed by atoms with Crippen LogP contribution < -0.4 is 4.90 Å². The van der Waals surface area contributed by atoms with Crippen LogP contribution in [0.2, 0.25) is 0 Å². The third-order valence-electron chi connectivity index (χ3n) is 17.2. The fourth-order valence-corrected chi connectivity index (χ4v) is 14.1. The van der Waals surface area contributed by atoms with Crippen molar-refractivity contribution in [1.29, 1.82) is 0 Å². The Morgan fingerprint density at radius 2 is 0.895 bits per heavy atom. The van der Waals surface area contributed by atoms with Gasteiger partial charge in [-0.2, -0.15) is 0 Å². The van der Waals surface area contributed by atoms with Gasteiger partial charge in [-0.1, -0.05) is 134 Å². The highest BCUT2D eigenvalue weighted by Crippen LogP contribution is 2.71. The average molecular weight is 750 g/mol. The van der Waals surface area contributed by atoms with Crippen molar-refractivity contribution in [2.75, 3.05) is 4.90 Å². The zero-order chi connectivity index (χ0) is 39.3. The summed E-state index contributed by atoms with van der Waals surface area (Å²) >= 11 is 0. The quantitative estimate of drug-likeness (QED) is 0.177. The SMILES string of the molecule is CC1(C)CCC(C)(C)c2cc(N(c3ccc4c(c3)C(C)(C)CCC4(C)C)c3c(-c4ccccc4)ccc4c3-c3ccccc3C43C4CC5CC(C4)CC3C5)ccc21. The second-order valence-electron chi connectivity index (χ2n) is 22.3. The summed E-state index contributed by atoms with van der Waals surface area (Å²) in [6.07, 6.45) is 11.9. The van der Waals surface area contributed by atoms with Gasteiger partial charge in [0, 0.05) is 27.9 Å². The monoisotopic (exact) mass is 749 g/mol. The minimum atomic E-state index is 0.0960. The van der Waals surface area contributed by atoms with Crippen LogP contribution in [0.4, 0.5) is 17.1 Å². The molecule has 292 valence electrons. The molecule has 0 N–H and O–H groups in total. The Balaban J connectivity index is 1.25. The lowest BCUT2D eigenvalue weighted by molar-refractivity contribution is -0.0399. The van der Waals surface area contributed by atoms with Crippen LogP contribution in [0.25, 0.3) is 22.3 Å². The van der Waals surface area contributed by atoms with Crippen LogP contribution in [0.1, 0.15) is 147 Å². The van der Waals surface area contributed by atoms with Crippen molar-refractivity contribution < 1.29 is 0 Å². The molecule has 0 radical (unpaired) electrons. The van der Waals surface area contributed by atoms with Crippen molar-refractivity contribution in [2.45, 2.75) is 140 Å². The van der Waals surface area contributed by atoms with Gasteiger partial charge in [0.25, 0.3) is 0 Å². The van der Waals surface area contributed by atoms with E-state index >= 15 is 0 Å². The first-order chi connectivity index (χ1) is 27.2. The molecule has 0 unspecified atom stereocenters. The number of anilines is 3. The summed E-state index contributed by atoms with van der Waals surface area (Å²) in [5.74, 6) is 3.28. The fraction of sp³-hybridized carbons (Fsp3) is 0.464. The maximum Gasteiger partial charge on any atom is 0.0621 e. The summed E-state index contributed by atoms with van der Waals surface area (Å²) < 4.78 is 0. The standard InChI is InChI=1S/C56H63N/c1-52(2)24-26-54(5,6)48-33-40(18-21-45(48)52)57(41-19-22-46-49(34-41)55(7,8)27-25-53(46,3)4)51-42(37-14-10-9-11-15-37)20-23-47-50(51)43-16-12-13-17-44(43)56(47)38-29-35-28-36(31-38)32-39(56)30-35/h9-23,33-36,38-39H,24-32H2,1-8H3. The van der Waals surface area contributed by atoms with Gasteiger partial charge in [0.15, 0.2) is 0 Å². The van der Waals surface area contributed by atoms with Crippen LogP contribution >= 0.6 is 0 Å². The Morgan fingerprint density at radius 3 is 1.44 bits per heavy atom. The fourth-order valence-electron chi connectivity index (χ4n) is 14.1. The molecule has 1 nitrogen and oxygen atoms in total. The Bertz CT molecular complexity index is 2330. The maximum absolute atomic E-state index is 2.75.